The summed E-state index contributed by atoms with van der Waals surface area (Å²) in [4.78, 5) is 0. The van der Waals surface area contributed by atoms with Crippen LogP contribution in [0.4, 0.5) is 0 Å². The lowest BCUT2D eigenvalue weighted by Gasteiger charge is -2.11. The van der Waals surface area contributed by atoms with Gasteiger partial charge in [0.25, 0.3) is 0 Å². The summed E-state index contributed by atoms with van der Waals surface area (Å²) < 4.78 is 27.0. The first-order valence-electron chi connectivity index (χ1n) is 4.60. The number of rotatable bonds is 8. The lowest BCUT2D eigenvalue weighted by molar-refractivity contribution is 0.174. The maximum Gasteiger partial charge on any atom is 0.152 e. The van der Waals surface area contributed by atoms with Gasteiger partial charge in [-0.05, 0) is 0 Å². The van der Waals surface area contributed by atoms with E-state index in [1.165, 1.54) is 0 Å². The Kier molecular flexibility index (Phi) is 7.08. The molecule has 0 aromatic carbocycles. The molecule has 0 aliphatic rings. The molecule has 86 valence electrons. The monoisotopic (exact) mass is 225 g/mol. The fourth-order valence-electron chi connectivity index (χ4n) is 0.913. The van der Waals surface area contributed by atoms with Crippen molar-refractivity contribution >= 4 is 9.84 Å². The van der Waals surface area contributed by atoms with Gasteiger partial charge in [0, 0.05) is 26.0 Å². The van der Waals surface area contributed by atoms with Gasteiger partial charge in [-0.1, -0.05) is 6.92 Å². The van der Waals surface area contributed by atoms with Crippen molar-refractivity contribution in [3.63, 3.8) is 0 Å². The first-order chi connectivity index (χ1) is 6.52. The molecule has 2 N–H and O–H groups in total. The van der Waals surface area contributed by atoms with Crippen molar-refractivity contribution < 1.29 is 18.3 Å². The van der Waals surface area contributed by atoms with Crippen molar-refractivity contribution in [2.45, 2.75) is 13.0 Å². The first-order valence-corrected chi connectivity index (χ1v) is 6.42. The van der Waals surface area contributed by atoms with Gasteiger partial charge >= 0.3 is 0 Å². The van der Waals surface area contributed by atoms with Crippen molar-refractivity contribution in [2.24, 2.45) is 0 Å². The Bertz CT molecular complexity index is 227. The third-order valence-corrected chi connectivity index (χ3v) is 3.52. The van der Waals surface area contributed by atoms with Gasteiger partial charge in [-0.3, -0.25) is 0 Å². The number of hydrogen-bond donors (Lipinski definition) is 2. The number of methoxy groups -OCH3 is 1. The fourth-order valence-corrected chi connectivity index (χ4v) is 1.85. The topological polar surface area (TPSA) is 75.6 Å². The Labute approximate surface area is 85.4 Å². The third kappa shape index (κ3) is 7.25. The number of sulfone groups is 1. The minimum absolute atomic E-state index is 0.0716. The second-order valence-electron chi connectivity index (χ2n) is 3.05. The zero-order chi connectivity index (χ0) is 11.0. The van der Waals surface area contributed by atoms with Gasteiger partial charge in [-0.2, -0.15) is 0 Å². The molecule has 1 atom stereocenters. The average molecular weight is 225 g/mol. The lowest BCUT2D eigenvalue weighted by atomic mass is 10.4. The minimum atomic E-state index is -3.08. The van der Waals surface area contributed by atoms with E-state index in [4.69, 9.17) is 4.74 Å². The average Bonchev–Trinajstić information content (AvgIpc) is 2.12. The van der Waals surface area contributed by atoms with Gasteiger partial charge in [0.15, 0.2) is 9.84 Å². The molecular formula is C8H19NO4S. The van der Waals surface area contributed by atoms with Crippen molar-refractivity contribution in [2.75, 3.05) is 38.3 Å². The van der Waals surface area contributed by atoms with E-state index >= 15 is 0 Å². The van der Waals surface area contributed by atoms with E-state index in [0.717, 1.165) is 0 Å². The van der Waals surface area contributed by atoms with Crippen LogP contribution in [0.1, 0.15) is 6.92 Å². The molecule has 14 heavy (non-hydrogen) atoms. The van der Waals surface area contributed by atoms with E-state index in [-0.39, 0.29) is 18.1 Å². The normalized spacial score (nSPS) is 14.2. The maximum atomic E-state index is 11.1. The Hall–Kier alpha value is -0.170. The van der Waals surface area contributed by atoms with Crippen molar-refractivity contribution in [3.05, 3.63) is 0 Å². The molecular weight excluding hydrogens is 206 g/mol. The second kappa shape index (κ2) is 7.17. The smallest absolute Gasteiger partial charge is 0.152 e. The molecule has 0 aliphatic carbocycles. The predicted octanol–water partition coefficient (Wildman–Crippen LogP) is -0.982. The summed E-state index contributed by atoms with van der Waals surface area (Å²) in [5.41, 5.74) is 0. The van der Waals surface area contributed by atoms with Crippen LogP contribution in [-0.4, -0.2) is 57.9 Å². The van der Waals surface area contributed by atoms with Crippen LogP contribution in [0.2, 0.25) is 0 Å². The molecule has 0 aliphatic heterocycles. The maximum absolute atomic E-state index is 11.1. The van der Waals surface area contributed by atoms with Crippen LogP contribution in [-0.2, 0) is 14.6 Å². The van der Waals surface area contributed by atoms with Crippen LogP contribution < -0.4 is 5.32 Å². The molecule has 1 unspecified atom stereocenters. The van der Waals surface area contributed by atoms with Crippen molar-refractivity contribution in [1.82, 2.24) is 5.32 Å². The van der Waals surface area contributed by atoms with Gasteiger partial charge in [0.2, 0.25) is 0 Å². The van der Waals surface area contributed by atoms with E-state index in [1.54, 1.807) is 14.0 Å². The highest BCUT2D eigenvalue weighted by Gasteiger charge is 2.14. The standard InChI is InChI=1S/C8H19NO4S/c1-3-14(11,12)7-8(10)6-9-4-5-13-2/h8-10H,3-7H2,1-2H3. The van der Waals surface area contributed by atoms with Crippen molar-refractivity contribution in [3.8, 4) is 0 Å². The number of ether oxygens (including phenoxy) is 1. The van der Waals surface area contributed by atoms with Gasteiger partial charge in [0.05, 0.1) is 18.5 Å². The van der Waals surface area contributed by atoms with E-state index in [2.05, 4.69) is 5.32 Å². The highest BCUT2D eigenvalue weighted by atomic mass is 32.2. The molecule has 5 nitrogen and oxygen atoms in total. The summed E-state index contributed by atoms with van der Waals surface area (Å²) in [7, 11) is -1.50. The molecule has 0 heterocycles. The molecule has 0 aromatic rings. The highest BCUT2D eigenvalue weighted by Crippen LogP contribution is 1.93. The Balaban J connectivity index is 3.60. The fraction of sp³-hybridized carbons (Fsp3) is 1.00. The molecule has 0 aromatic heterocycles. The lowest BCUT2D eigenvalue weighted by Crippen LogP contribution is -2.34. The minimum Gasteiger partial charge on any atom is -0.391 e. The van der Waals surface area contributed by atoms with Gasteiger partial charge in [-0.25, -0.2) is 8.42 Å². The SMILES string of the molecule is CCS(=O)(=O)CC(O)CNCCOC. The van der Waals surface area contributed by atoms with Crippen LogP contribution in [0.15, 0.2) is 0 Å². The zero-order valence-corrected chi connectivity index (χ0v) is 9.51. The second-order valence-corrected chi connectivity index (χ2v) is 5.45. The van der Waals surface area contributed by atoms with Crippen LogP contribution >= 0.6 is 0 Å². The summed E-state index contributed by atoms with van der Waals surface area (Å²) in [6.45, 7) is 3.01. The summed E-state index contributed by atoms with van der Waals surface area (Å²) >= 11 is 0. The highest BCUT2D eigenvalue weighted by molar-refractivity contribution is 7.91. The quantitative estimate of drug-likeness (QED) is 0.519. The summed E-state index contributed by atoms with van der Waals surface area (Å²) in [6.07, 6.45) is -0.836. The molecule has 0 amide bonds. The van der Waals surface area contributed by atoms with Gasteiger partial charge in [-0.15, -0.1) is 0 Å². The van der Waals surface area contributed by atoms with Crippen LogP contribution in [0.5, 0.6) is 0 Å². The molecule has 0 saturated heterocycles. The number of hydrogen-bond acceptors (Lipinski definition) is 5. The summed E-state index contributed by atoms with van der Waals surface area (Å²) in [5.74, 6) is -0.106. The largest absolute Gasteiger partial charge is 0.391 e. The molecule has 0 radical (unpaired) electrons. The van der Waals surface area contributed by atoms with Crippen LogP contribution in [0.3, 0.4) is 0 Å². The zero-order valence-electron chi connectivity index (χ0n) is 8.69. The van der Waals surface area contributed by atoms with Gasteiger partial charge < -0.3 is 15.2 Å². The predicted molar refractivity (Wildman–Crippen MR) is 55.1 cm³/mol. The third-order valence-electron chi connectivity index (χ3n) is 1.75. The molecule has 0 rings (SSSR count). The molecule has 0 spiro atoms. The molecule has 0 fully saturated rings. The first kappa shape index (κ1) is 13.8. The van der Waals surface area contributed by atoms with Crippen molar-refractivity contribution in [1.29, 1.82) is 0 Å². The van der Waals surface area contributed by atoms with Gasteiger partial charge in [0.1, 0.15) is 0 Å². The molecule has 0 bridgehead atoms. The Morgan fingerprint density at radius 3 is 2.64 bits per heavy atom. The van der Waals surface area contributed by atoms with E-state index in [9.17, 15) is 13.5 Å². The summed E-state index contributed by atoms with van der Waals surface area (Å²) in [6, 6.07) is 0. The van der Waals surface area contributed by atoms with E-state index in [0.29, 0.717) is 13.2 Å². The van der Waals surface area contributed by atoms with E-state index < -0.39 is 15.9 Å². The number of nitrogens with one attached hydrogen (secondary N) is 1. The Morgan fingerprint density at radius 2 is 2.14 bits per heavy atom. The molecule has 0 saturated carbocycles. The number of aliphatic hydroxyl groups excluding tert-OH is 1. The number of aliphatic hydroxyl groups is 1. The molecule has 6 heteroatoms. The van der Waals surface area contributed by atoms with Crippen LogP contribution in [0, 0.1) is 0 Å². The summed E-state index contributed by atoms with van der Waals surface area (Å²) in [5, 5.41) is 12.2. The van der Waals surface area contributed by atoms with E-state index in [1.807, 2.05) is 0 Å². The Morgan fingerprint density at radius 1 is 1.50 bits per heavy atom. The van der Waals surface area contributed by atoms with Crippen LogP contribution in [0.25, 0.3) is 0 Å².